The van der Waals surface area contributed by atoms with Crippen molar-refractivity contribution in [1.82, 2.24) is 24.8 Å². The molecule has 2 heterocycles. The maximum absolute atomic E-state index is 12.6. The van der Waals surface area contributed by atoms with Crippen LogP contribution in [0.3, 0.4) is 0 Å². The SMILES string of the molecule is CCCCOc1nc(N)c2[nH]c(=O)n(Cc3ccc(CNCCOc4cc(CC(=O)O)ccc4OC)cc3)c2n1. The Hall–Kier alpha value is -4.58. The zero-order chi connectivity index (χ0) is 28.5. The molecule has 4 aromatic rings. The first-order chi connectivity index (χ1) is 19.4. The van der Waals surface area contributed by atoms with Gasteiger partial charge in [-0.3, -0.25) is 9.36 Å². The van der Waals surface area contributed by atoms with Crippen LogP contribution in [-0.4, -0.2) is 57.5 Å². The lowest BCUT2D eigenvalue weighted by Crippen LogP contribution is -2.21. The number of aromatic nitrogens is 4. The quantitative estimate of drug-likeness (QED) is 0.162. The van der Waals surface area contributed by atoms with E-state index in [4.69, 9.17) is 25.1 Å². The number of rotatable bonds is 15. The number of nitrogens with two attached hydrogens (primary N) is 1. The fraction of sp³-hybridized carbons (Fsp3) is 0.357. The van der Waals surface area contributed by atoms with Gasteiger partial charge in [0, 0.05) is 13.1 Å². The molecule has 2 aromatic carbocycles. The second kappa shape index (κ2) is 13.5. The van der Waals surface area contributed by atoms with Gasteiger partial charge in [-0.1, -0.05) is 43.7 Å². The van der Waals surface area contributed by atoms with Crippen molar-refractivity contribution in [2.45, 2.75) is 39.3 Å². The topological polar surface area (TPSA) is 167 Å². The van der Waals surface area contributed by atoms with Crippen molar-refractivity contribution in [3.8, 4) is 17.5 Å². The number of nitrogens with one attached hydrogen (secondary N) is 2. The number of fused-ring (bicyclic) bond motifs is 1. The average molecular weight is 551 g/mol. The number of aliphatic carboxylic acids is 1. The fourth-order valence-corrected chi connectivity index (χ4v) is 4.08. The van der Waals surface area contributed by atoms with Crippen molar-refractivity contribution in [3.63, 3.8) is 0 Å². The van der Waals surface area contributed by atoms with Gasteiger partial charge in [-0.05, 0) is 35.2 Å². The summed E-state index contributed by atoms with van der Waals surface area (Å²) in [5.74, 6) is 0.321. The van der Waals surface area contributed by atoms with E-state index in [0.29, 0.717) is 61.1 Å². The molecule has 0 fully saturated rings. The molecule has 5 N–H and O–H groups in total. The van der Waals surface area contributed by atoms with Crippen molar-refractivity contribution in [3.05, 3.63) is 69.6 Å². The minimum absolute atomic E-state index is 0.0835. The molecule has 2 aromatic heterocycles. The number of aromatic amines is 1. The number of carboxylic acids is 1. The summed E-state index contributed by atoms with van der Waals surface area (Å²) in [4.78, 5) is 34.9. The van der Waals surface area contributed by atoms with Crippen LogP contribution in [0.25, 0.3) is 11.2 Å². The first-order valence-electron chi connectivity index (χ1n) is 13.1. The van der Waals surface area contributed by atoms with E-state index in [-0.39, 0.29) is 23.9 Å². The molecule has 0 saturated heterocycles. The Bertz CT molecular complexity index is 1500. The van der Waals surface area contributed by atoms with E-state index in [2.05, 4.69) is 27.2 Å². The highest BCUT2D eigenvalue weighted by Crippen LogP contribution is 2.28. The molecule has 12 nitrogen and oxygen atoms in total. The van der Waals surface area contributed by atoms with E-state index < -0.39 is 5.97 Å². The van der Waals surface area contributed by atoms with Crippen LogP contribution in [0.1, 0.15) is 36.5 Å². The van der Waals surface area contributed by atoms with Crippen molar-refractivity contribution in [1.29, 1.82) is 0 Å². The van der Waals surface area contributed by atoms with Gasteiger partial charge in [-0.15, -0.1) is 0 Å². The van der Waals surface area contributed by atoms with Gasteiger partial charge in [0.05, 0.1) is 26.7 Å². The minimum atomic E-state index is -0.905. The smallest absolute Gasteiger partial charge is 0.328 e. The van der Waals surface area contributed by atoms with E-state index in [1.165, 1.54) is 4.57 Å². The Morgan fingerprint density at radius 3 is 2.52 bits per heavy atom. The molecule has 0 aliphatic carbocycles. The predicted molar refractivity (Wildman–Crippen MR) is 150 cm³/mol. The summed E-state index contributed by atoms with van der Waals surface area (Å²) in [6.45, 7) is 4.42. The van der Waals surface area contributed by atoms with Gasteiger partial charge in [0.25, 0.3) is 0 Å². The minimum Gasteiger partial charge on any atom is -0.493 e. The molecule has 0 spiro atoms. The zero-order valence-corrected chi connectivity index (χ0v) is 22.6. The first-order valence-corrected chi connectivity index (χ1v) is 13.1. The Balaban J connectivity index is 1.32. The molecular weight excluding hydrogens is 516 g/mol. The monoisotopic (exact) mass is 550 g/mol. The second-order valence-electron chi connectivity index (χ2n) is 9.21. The number of hydrogen-bond acceptors (Lipinski definition) is 9. The lowest BCUT2D eigenvalue weighted by atomic mass is 10.1. The van der Waals surface area contributed by atoms with Crippen LogP contribution < -0.4 is 31.0 Å². The molecular formula is C28H34N6O6. The van der Waals surface area contributed by atoms with E-state index >= 15 is 0 Å². The van der Waals surface area contributed by atoms with Gasteiger partial charge in [0.2, 0.25) is 0 Å². The third-order valence-electron chi connectivity index (χ3n) is 6.17. The van der Waals surface area contributed by atoms with Crippen LogP contribution >= 0.6 is 0 Å². The van der Waals surface area contributed by atoms with Crippen LogP contribution in [-0.2, 0) is 24.3 Å². The maximum atomic E-state index is 12.6. The lowest BCUT2D eigenvalue weighted by molar-refractivity contribution is -0.136. The van der Waals surface area contributed by atoms with Crippen LogP contribution in [0.15, 0.2) is 47.3 Å². The number of benzene rings is 2. The Morgan fingerprint density at radius 2 is 1.80 bits per heavy atom. The van der Waals surface area contributed by atoms with E-state index in [9.17, 15) is 9.59 Å². The van der Waals surface area contributed by atoms with Crippen molar-refractivity contribution in [2.24, 2.45) is 0 Å². The average Bonchev–Trinajstić information content (AvgIpc) is 3.24. The highest BCUT2D eigenvalue weighted by atomic mass is 16.5. The number of unbranched alkanes of at least 4 members (excludes halogenated alkanes) is 1. The van der Waals surface area contributed by atoms with Crippen molar-refractivity contribution >= 4 is 23.0 Å². The number of anilines is 1. The fourth-order valence-electron chi connectivity index (χ4n) is 4.08. The largest absolute Gasteiger partial charge is 0.493 e. The molecule has 0 amide bonds. The van der Waals surface area contributed by atoms with Crippen LogP contribution in [0.2, 0.25) is 0 Å². The van der Waals surface area contributed by atoms with Gasteiger partial charge >= 0.3 is 17.7 Å². The second-order valence-corrected chi connectivity index (χ2v) is 9.21. The lowest BCUT2D eigenvalue weighted by Gasteiger charge is -2.12. The standard InChI is InChI=1S/C28H34N6O6/c1-3-4-12-40-27-32-25(29)24-26(33-27)34(28(37)31-24)17-19-7-5-18(6-8-19)16-30-11-13-39-22-14-20(15-23(35)36)9-10-21(22)38-2/h5-10,14,30H,3-4,11-13,15-17H2,1-2H3,(H,31,37)(H,35,36)(H2,29,32,33). The molecule has 12 heteroatoms. The molecule has 0 atom stereocenters. The highest BCUT2D eigenvalue weighted by molar-refractivity contribution is 5.82. The van der Waals surface area contributed by atoms with Gasteiger partial charge in [0.15, 0.2) is 23.0 Å². The molecule has 0 bridgehead atoms. The van der Waals surface area contributed by atoms with Crippen molar-refractivity contribution < 1.29 is 24.1 Å². The van der Waals surface area contributed by atoms with Gasteiger partial charge in [-0.25, -0.2) is 4.79 Å². The van der Waals surface area contributed by atoms with E-state index in [1.807, 2.05) is 24.3 Å². The van der Waals surface area contributed by atoms with Gasteiger partial charge < -0.3 is 35.4 Å². The molecule has 4 rings (SSSR count). The summed E-state index contributed by atoms with van der Waals surface area (Å²) in [6, 6.07) is 13.2. The van der Waals surface area contributed by atoms with Crippen LogP contribution in [0.4, 0.5) is 5.82 Å². The van der Waals surface area contributed by atoms with Gasteiger partial charge in [0.1, 0.15) is 12.1 Å². The predicted octanol–water partition coefficient (Wildman–Crippen LogP) is 2.73. The number of imidazole rings is 1. The molecule has 0 unspecified atom stereocenters. The number of nitrogen functional groups attached to an aromatic ring is 1. The molecule has 0 radical (unpaired) electrons. The normalized spacial score (nSPS) is 11.1. The third-order valence-corrected chi connectivity index (χ3v) is 6.17. The number of H-pyrrole nitrogens is 1. The number of methoxy groups -OCH3 is 1. The molecule has 0 aliphatic rings. The first kappa shape index (κ1) is 28.4. The Morgan fingerprint density at radius 1 is 1.05 bits per heavy atom. The number of carboxylic acid groups (broad SMARTS) is 1. The summed E-state index contributed by atoms with van der Waals surface area (Å²) in [7, 11) is 1.54. The van der Waals surface area contributed by atoms with E-state index in [1.54, 1.807) is 25.3 Å². The summed E-state index contributed by atoms with van der Waals surface area (Å²) in [5.41, 5.74) is 9.14. The molecule has 0 saturated carbocycles. The molecule has 40 heavy (non-hydrogen) atoms. The van der Waals surface area contributed by atoms with Crippen LogP contribution in [0, 0.1) is 0 Å². The Kier molecular flexibility index (Phi) is 9.57. The number of hydrogen-bond donors (Lipinski definition) is 4. The highest BCUT2D eigenvalue weighted by Gasteiger charge is 2.15. The van der Waals surface area contributed by atoms with E-state index in [0.717, 1.165) is 24.0 Å². The summed E-state index contributed by atoms with van der Waals surface area (Å²) >= 11 is 0. The number of nitrogens with zero attached hydrogens (tertiary/aromatic N) is 3. The van der Waals surface area contributed by atoms with Gasteiger partial charge in [-0.2, -0.15) is 9.97 Å². The number of carbonyl (C=O) groups is 1. The van der Waals surface area contributed by atoms with Crippen LogP contribution in [0.5, 0.6) is 17.5 Å². The third kappa shape index (κ3) is 7.29. The molecule has 212 valence electrons. The molecule has 0 aliphatic heterocycles. The Labute approximate surface area is 231 Å². The number of ether oxygens (including phenoxy) is 3. The summed E-state index contributed by atoms with van der Waals surface area (Å²) in [5, 5.41) is 12.3. The maximum Gasteiger partial charge on any atom is 0.328 e. The summed E-state index contributed by atoms with van der Waals surface area (Å²) < 4.78 is 18.2. The van der Waals surface area contributed by atoms with Crippen molar-refractivity contribution in [2.75, 3.05) is 32.6 Å². The summed E-state index contributed by atoms with van der Waals surface area (Å²) in [6.07, 6.45) is 1.76. The zero-order valence-electron chi connectivity index (χ0n) is 22.6.